The number of halogens is 2. The van der Waals surface area contributed by atoms with Crippen LogP contribution in [-0.4, -0.2) is 52.0 Å². The second kappa shape index (κ2) is 10.8. The number of carbonyl (C=O) groups excluding carboxylic acids is 1. The molecule has 0 unspecified atom stereocenters. The van der Waals surface area contributed by atoms with E-state index in [2.05, 4.69) is 20.3 Å². The first-order valence-electron chi connectivity index (χ1n) is 11.8. The number of anilines is 1. The fourth-order valence-electron chi connectivity index (χ4n) is 4.04. The van der Waals surface area contributed by atoms with Crippen LogP contribution in [0, 0.1) is 5.92 Å². The maximum absolute atomic E-state index is 13.3. The van der Waals surface area contributed by atoms with Crippen LogP contribution < -0.4 is 19.5 Å². The molecule has 1 N–H and O–H groups in total. The van der Waals surface area contributed by atoms with Crippen molar-refractivity contribution in [3.63, 3.8) is 0 Å². The maximum atomic E-state index is 13.3. The lowest BCUT2D eigenvalue weighted by Crippen LogP contribution is -2.13. The monoisotopic (exact) mass is 509 g/mol. The normalized spacial score (nSPS) is 13.1. The number of aromatic nitrogens is 4. The quantitative estimate of drug-likeness (QED) is 0.213. The van der Waals surface area contributed by atoms with Crippen molar-refractivity contribution >= 4 is 17.4 Å². The third kappa shape index (κ3) is 5.76. The summed E-state index contributed by atoms with van der Waals surface area (Å²) in [6, 6.07) is 8.35. The van der Waals surface area contributed by atoms with Crippen molar-refractivity contribution in [1.82, 2.24) is 19.4 Å². The van der Waals surface area contributed by atoms with E-state index in [0.29, 0.717) is 41.8 Å². The fourth-order valence-corrected chi connectivity index (χ4v) is 4.04. The largest absolute Gasteiger partial charge is 0.496 e. The van der Waals surface area contributed by atoms with Crippen LogP contribution in [0.3, 0.4) is 0 Å². The van der Waals surface area contributed by atoms with Gasteiger partial charge in [0.25, 0.3) is 0 Å². The van der Waals surface area contributed by atoms with Gasteiger partial charge in [0.05, 0.1) is 25.5 Å². The molecule has 11 heteroatoms. The number of nitrogens with one attached hydrogen (secondary N) is 1. The smallest absolute Gasteiger partial charge is 0.387 e. The van der Waals surface area contributed by atoms with Gasteiger partial charge in [0.1, 0.15) is 35.1 Å². The number of hydrogen-bond donors (Lipinski definition) is 1. The fraction of sp³-hybridized carbons (Fsp3) is 0.308. The van der Waals surface area contributed by atoms with Gasteiger partial charge >= 0.3 is 6.61 Å². The molecule has 0 bridgehead atoms. The molecule has 0 saturated heterocycles. The summed E-state index contributed by atoms with van der Waals surface area (Å²) in [5.41, 5.74) is 1.76. The van der Waals surface area contributed by atoms with Gasteiger partial charge in [-0.05, 0) is 43.0 Å². The first-order chi connectivity index (χ1) is 18.0. The van der Waals surface area contributed by atoms with E-state index < -0.39 is 6.61 Å². The van der Waals surface area contributed by atoms with E-state index in [4.69, 9.17) is 14.2 Å². The van der Waals surface area contributed by atoms with Gasteiger partial charge in [-0.15, -0.1) is 0 Å². The van der Waals surface area contributed by atoms with Gasteiger partial charge in [0.2, 0.25) is 5.95 Å². The van der Waals surface area contributed by atoms with Crippen LogP contribution in [0.4, 0.5) is 14.7 Å². The van der Waals surface area contributed by atoms with Crippen molar-refractivity contribution in [1.29, 1.82) is 0 Å². The number of nitrogens with zero attached hydrogens (tertiary/aromatic N) is 4. The summed E-state index contributed by atoms with van der Waals surface area (Å²) >= 11 is 0. The number of hydrogen-bond acceptors (Lipinski definition) is 8. The number of pyridine rings is 1. The van der Waals surface area contributed by atoms with Gasteiger partial charge in [0, 0.05) is 36.6 Å². The Bertz CT molecular complexity index is 1390. The van der Waals surface area contributed by atoms with Crippen LogP contribution >= 0.6 is 0 Å². The van der Waals surface area contributed by atoms with E-state index in [1.807, 2.05) is 0 Å². The second-order valence-electron chi connectivity index (χ2n) is 8.58. The summed E-state index contributed by atoms with van der Waals surface area (Å²) in [6.07, 6.45) is 8.88. The number of Topliss-reactive ketones (excluding diaryl/α,β-unsaturated/α-hetero) is 1. The van der Waals surface area contributed by atoms with Crippen molar-refractivity contribution < 1.29 is 27.8 Å². The summed E-state index contributed by atoms with van der Waals surface area (Å²) in [4.78, 5) is 25.5. The van der Waals surface area contributed by atoms with Gasteiger partial charge in [-0.3, -0.25) is 9.20 Å². The lowest BCUT2D eigenvalue weighted by atomic mass is 10.00. The highest BCUT2D eigenvalue weighted by Gasteiger charge is 2.29. The molecule has 1 aliphatic carbocycles. The Balaban J connectivity index is 1.37. The molecule has 0 atom stereocenters. The van der Waals surface area contributed by atoms with Crippen molar-refractivity contribution in [3.05, 3.63) is 60.7 Å². The molecular weight excluding hydrogens is 484 g/mol. The van der Waals surface area contributed by atoms with Crippen LogP contribution in [0.5, 0.6) is 17.2 Å². The lowest BCUT2D eigenvalue weighted by Gasteiger charge is -2.16. The number of methoxy groups -OCH3 is 1. The molecule has 0 radical (unpaired) electrons. The zero-order chi connectivity index (χ0) is 25.8. The van der Waals surface area contributed by atoms with E-state index in [1.165, 1.54) is 13.2 Å². The standard InChI is InChI=1S/C26H25F2N5O4/c1-35-21-12-17(13-22(37-25(27)28)24(21)20(34)11-16-3-4-16)19-15-32-23-14-18(5-9-33(19)23)36-10-8-31-26-29-6-2-7-30-26/h2,5-7,9,12-16,25H,3-4,8,10-11H2,1H3,(H,29,30,31). The third-order valence-electron chi connectivity index (χ3n) is 5.95. The number of benzene rings is 1. The minimum Gasteiger partial charge on any atom is -0.496 e. The molecule has 0 spiro atoms. The van der Waals surface area contributed by atoms with Crippen molar-refractivity contribution in [3.8, 4) is 28.5 Å². The van der Waals surface area contributed by atoms with E-state index in [-0.39, 0.29) is 35.2 Å². The van der Waals surface area contributed by atoms with Gasteiger partial charge in [-0.2, -0.15) is 8.78 Å². The van der Waals surface area contributed by atoms with Crippen LogP contribution in [0.2, 0.25) is 0 Å². The predicted molar refractivity (Wildman–Crippen MR) is 132 cm³/mol. The zero-order valence-corrected chi connectivity index (χ0v) is 20.1. The average Bonchev–Trinajstić information content (AvgIpc) is 3.61. The third-order valence-corrected chi connectivity index (χ3v) is 5.95. The zero-order valence-electron chi connectivity index (χ0n) is 20.1. The van der Waals surface area contributed by atoms with Crippen molar-refractivity contribution in [2.45, 2.75) is 25.9 Å². The average molecular weight is 510 g/mol. The first kappa shape index (κ1) is 24.4. The molecule has 37 heavy (non-hydrogen) atoms. The molecule has 1 fully saturated rings. The predicted octanol–water partition coefficient (Wildman–Crippen LogP) is 4.88. The summed E-state index contributed by atoms with van der Waals surface area (Å²) in [7, 11) is 1.40. The summed E-state index contributed by atoms with van der Waals surface area (Å²) < 4.78 is 44.3. The summed E-state index contributed by atoms with van der Waals surface area (Å²) in [5.74, 6) is 1.12. The highest BCUT2D eigenvalue weighted by Crippen LogP contribution is 2.40. The molecule has 0 aliphatic heterocycles. The lowest BCUT2D eigenvalue weighted by molar-refractivity contribution is -0.0502. The molecule has 9 nitrogen and oxygen atoms in total. The Morgan fingerprint density at radius 2 is 1.95 bits per heavy atom. The minimum absolute atomic E-state index is 0.0393. The Kier molecular flexibility index (Phi) is 7.11. The first-order valence-corrected chi connectivity index (χ1v) is 11.8. The SMILES string of the molecule is COc1cc(-c2cnc3cc(OCCNc4ncccn4)ccn23)cc(OC(F)F)c1C(=O)CC1CC1. The van der Waals surface area contributed by atoms with Crippen LogP contribution in [-0.2, 0) is 0 Å². The number of carbonyl (C=O) groups is 1. The molecule has 0 amide bonds. The Morgan fingerprint density at radius 3 is 2.68 bits per heavy atom. The number of fused-ring (bicyclic) bond motifs is 1. The number of imidazole rings is 1. The number of rotatable bonds is 12. The summed E-state index contributed by atoms with van der Waals surface area (Å²) in [5, 5.41) is 3.06. The molecule has 1 saturated carbocycles. The second-order valence-corrected chi connectivity index (χ2v) is 8.58. The molecule has 1 aliphatic rings. The highest BCUT2D eigenvalue weighted by molar-refractivity contribution is 6.02. The maximum Gasteiger partial charge on any atom is 0.387 e. The number of alkyl halides is 2. The van der Waals surface area contributed by atoms with E-state index in [0.717, 1.165) is 12.8 Å². The molecule has 3 aromatic heterocycles. The molecule has 1 aromatic carbocycles. The number of ether oxygens (including phenoxy) is 3. The highest BCUT2D eigenvalue weighted by atomic mass is 19.3. The van der Waals surface area contributed by atoms with Crippen molar-refractivity contribution in [2.75, 3.05) is 25.6 Å². The van der Waals surface area contributed by atoms with Gasteiger partial charge in [0.15, 0.2) is 5.78 Å². The van der Waals surface area contributed by atoms with Gasteiger partial charge < -0.3 is 19.5 Å². The molecule has 4 aromatic rings. The number of ketones is 1. The molecule has 3 heterocycles. The van der Waals surface area contributed by atoms with Crippen LogP contribution in [0.15, 0.2) is 55.1 Å². The van der Waals surface area contributed by atoms with Crippen LogP contribution in [0.25, 0.3) is 16.9 Å². The van der Waals surface area contributed by atoms with E-state index in [9.17, 15) is 13.6 Å². The van der Waals surface area contributed by atoms with E-state index >= 15 is 0 Å². The van der Waals surface area contributed by atoms with Crippen LogP contribution in [0.1, 0.15) is 29.6 Å². The van der Waals surface area contributed by atoms with Gasteiger partial charge in [-0.25, -0.2) is 15.0 Å². The molecular formula is C26H25F2N5O4. The molecule has 5 rings (SSSR count). The Labute approximate surface area is 211 Å². The summed E-state index contributed by atoms with van der Waals surface area (Å²) in [6.45, 7) is -2.20. The molecule has 192 valence electrons. The Morgan fingerprint density at radius 1 is 1.16 bits per heavy atom. The van der Waals surface area contributed by atoms with Crippen molar-refractivity contribution in [2.24, 2.45) is 5.92 Å². The van der Waals surface area contributed by atoms with Gasteiger partial charge in [-0.1, -0.05) is 0 Å². The van der Waals surface area contributed by atoms with E-state index in [1.54, 1.807) is 53.5 Å². The topological polar surface area (TPSA) is 99.9 Å². The Hall–Kier alpha value is -4.28. The minimum atomic E-state index is -3.09.